The van der Waals surface area contributed by atoms with Gasteiger partial charge in [0, 0.05) is 32.3 Å². The molecule has 1 aliphatic rings. The zero-order chi connectivity index (χ0) is 24.0. The highest BCUT2D eigenvalue weighted by molar-refractivity contribution is 7.89. The van der Waals surface area contributed by atoms with Gasteiger partial charge in [-0.2, -0.15) is 4.31 Å². The van der Waals surface area contributed by atoms with E-state index in [2.05, 4.69) is 5.32 Å². The molecule has 2 amide bonds. The first kappa shape index (κ1) is 24.7. The Morgan fingerprint density at radius 3 is 2.27 bits per heavy atom. The molecule has 2 aromatic rings. The van der Waals surface area contributed by atoms with Gasteiger partial charge in [-0.3, -0.25) is 9.59 Å². The third kappa shape index (κ3) is 5.69. The van der Waals surface area contributed by atoms with Crippen LogP contribution in [-0.4, -0.2) is 55.6 Å². The molecule has 0 unspecified atom stereocenters. The van der Waals surface area contributed by atoms with Crippen LogP contribution in [-0.2, 0) is 14.8 Å². The van der Waals surface area contributed by atoms with Gasteiger partial charge in [-0.1, -0.05) is 38.1 Å². The molecule has 1 fully saturated rings. The Hall–Kier alpha value is -2.97. The maximum atomic E-state index is 12.9. The number of aryl methyl sites for hydroxylation is 1. The molecule has 1 aliphatic heterocycles. The Morgan fingerprint density at radius 1 is 1.03 bits per heavy atom. The molecular weight excluding hydrogens is 438 g/mol. The SMILES string of the molecule is CCN(CC)S(=O)(=O)c1ccc(/C=C/C(=O)Nc2c(C)cccc2C(=O)N2CCCC2)cc1. The third-order valence-electron chi connectivity index (χ3n) is 5.80. The number of amides is 2. The number of nitrogens with one attached hydrogen (secondary N) is 1. The number of likely N-dealkylation sites (tertiary alicyclic amines) is 1. The highest BCUT2D eigenvalue weighted by Gasteiger charge is 2.23. The van der Waals surface area contributed by atoms with Gasteiger partial charge in [-0.05, 0) is 55.2 Å². The van der Waals surface area contributed by atoms with Gasteiger partial charge < -0.3 is 10.2 Å². The highest BCUT2D eigenvalue weighted by Crippen LogP contribution is 2.24. The Labute approximate surface area is 196 Å². The Morgan fingerprint density at radius 2 is 1.67 bits per heavy atom. The second kappa shape index (κ2) is 10.8. The van der Waals surface area contributed by atoms with E-state index < -0.39 is 10.0 Å². The van der Waals surface area contributed by atoms with Gasteiger partial charge in [-0.25, -0.2) is 8.42 Å². The van der Waals surface area contributed by atoms with Crippen LogP contribution in [0.2, 0.25) is 0 Å². The number of rotatable bonds is 8. The minimum Gasteiger partial charge on any atom is -0.339 e. The van der Waals surface area contributed by atoms with Gasteiger partial charge in [-0.15, -0.1) is 0 Å². The summed E-state index contributed by atoms with van der Waals surface area (Å²) in [6.07, 6.45) is 4.99. The van der Waals surface area contributed by atoms with E-state index in [1.165, 1.54) is 10.4 Å². The van der Waals surface area contributed by atoms with E-state index in [0.29, 0.717) is 29.9 Å². The van der Waals surface area contributed by atoms with Crippen molar-refractivity contribution in [1.82, 2.24) is 9.21 Å². The van der Waals surface area contributed by atoms with Gasteiger partial charge >= 0.3 is 0 Å². The molecular formula is C25H31N3O4S. The molecule has 0 aromatic heterocycles. The summed E-state index contributed by atoms with van der Waals surface area (Å²) in [4.78, 5) is 27.5. The summed E-state index contributed by atoms with van der Waals surface area (Å²) in [6.45, 7) is 7.74. The molecule has 1 saturated heterocycles. The van der Waals surface area contributed by atoms with E-state index >= 15 is 0 Å². The zero-order valence-electron chi connectivity index (χ0n) is 19.4. The summed E-state index contributed by atoms with van der Waals surface area (Å²) in [5.41, 5.74) is 2.52. The third-order valence-corrected chi connectivity index (χ3v) is 7.86. The van der Waals surface area contributed by atoms with Crippen molar-refractivity contribution in [1.29, 1.82) is 0 Å². The van der Waals surface area contributed by atoms with Crippen molar-refractivity contribution in [3.8, 4) is 0 Å². The lowest BCUT2D eigenvalue weighted by Crippen LogP contribution is -2.30. The number of hydrogen-bond acceptors (Lipinski definition) is 4. The Kier molecular flexibility index (Phi) is 8.05. The molecule has 0 radical (unpaired) electrons. The molecule has 2 aromatic carbocycles. The lowest BCUT2D eigenvalue weighted by Gasteiger charge is -2.19. The van der Waals surface area contributed by atoms with E-state index in [-0.39, 0.29) is 16.7 Å². The van der Waals surface area contributed by atoms with Crippen molar-refractivity contribution in [2.24, 2.45) is 0 Å². The van der Waals surface area contributed by atoms with Gasteiger partial charge in [0.25, 0.3) is 5.91 Å². The van der Waals surface area contributed by atoms with Crippen LogP contribution in [0.25, 0.3) is 6.08 Å². The summed E-state index contributed by atoms with van der Waals surface area (Å²) in [5.74, 6) is -0.430. The molecule has 1 N–H and O–H groups in total. The predicted octanol–water partition coefficient (Wildman–Crippen LogP) is 3.91. The van der Waals surface area contributed by atoms with Crippen molar-refractivity contribution in [2.75, 3.05) is 31.5 Å². The zero-order valence-corrected chi connectivity index (χ0v) is 20.2. The van der Waals surface area contributed by atoms with Gasteiger partial charge in [0.05, 0.1) is 16.1 Å². The fourth-order valence-electron chi connectivity index (χ4n) is 3.90. The minimum absolute atomic E-state index is 0.0690. The highest BCUT2D eigenvalue weighted by atomic mass is 32.2. The predicted molar refractivity (Wildman–Crippen MR) is 131 cm³/mol. The van der Waals surface area contributed by atoms with Crippen LogP contribution in [0.3, 0.4) is 0 Å². The summed E-state index contributed by atoms with van der Waals surface area (Å²) in [7, 11) is -3.52. The van der Waals surface area contributed by atoms with E-state index in [4.69, 9.17) is 0 Å². The van der Waals surface area contributed by atoms with Crippen molar-refractivity contribution < 1.29 is 18.0 Å². The molecule has 0 saturated carbocycles. The summed E-state index contributed by atoms with van der Waals surface area (Å²) in [5, 5.41) is 2.84. The Balaban J connectivity index is 1.73. The van der Waals surface area contributed by atoms with Crippen LogP contribution >= 0.6 is 0 Å². The number of benzene rings is 2. The van der Waals surface area contributed by atoms with Crippen molar-refractivity contribution in [3.05, 3.63) is 65.2 Å². The first-order valence-electron chi connectivity index (χ1n) is 11.3. The molecule has 0 atom stereocenters. The van der Waals surface area contributed by atoms with Crippen LogP contribution in [0.15, 0.2) is 53.4 Å². The first-order valence-corrected chi connectivity index (χ1v) is 12.7. The Bertz CT molecular complexity index is 1130. The van der Waals surface area contributed by atoms with E-state index in [0.717, 1.165) is 31.5 Å². The van der Waals surface area contributed by atoms with Crippen molar-refractivity contribution in [2.45, 2.75) is 38.5 Å². The fraction of sp³-hybridized carbons (Fsp3) is 0.360. The normalized spacial score (nSPS) is 14.2. The van der Waals surface area contributed by atoms with Crippen LogP contribution in [0.4, 0.5) is 5.69 Å². The fourth-order valence-corrected chi connectivity index (χ4v) is 5.36. The number of para-hydroxylation sites is 1. The quantitative estimate of drug-likeness (QED) is 0.594. The summed E-state index contributed by atoms with van der Waals surface area (Å²) < 4.78 is 26.6. The number of carbonyl (C=O) groups excluding carboxylic acids is 2. The summed E-state index contributed by atoms with van der Waals surface area (Å²) in [6, 6.07) is 11.8. The van der Waals surface area contributed by atoms with Crippen LogP contribution in [0.5, 0.6) is 0 Å². The average Bonchev–Trinajstić information content (AvgIpc) is 3.34. The minimum atomic E-state index is -3.52. The van der Waals surface area contributed by atoms with E-state index in [9.17, 15) is 18.0 Å². The van der Waals surface area contributed by atoms with Crippen LogP contribution < -0.4 is 5.32 Å². The number of carbonyl (C=O) groups is 2. The number of anilines is 1. The van der Waals surface area contributed by atoms with Crippen LogP contribution in [0.1, 0.15) is 48.2 Å². The van der Waals surface area contributed by atoms with Gasteiger partial charge in [0.2, 0.25) is 15.9 Å². The second-order valence-corrected chi connectivity index (χ2v) is 9.92. The molecule has 33 heavy (non-hydrogen) atoms. The molecule has 176 valence electrons. The standard InChI is InChI=1S/C25H31N3O4S/c1-4-28(5-2)33(31,32)21-14-11-20(12-15-21)13-16-23(29)26-24-19(3)9-8-10-22(24)25(30)27-17-6-7-18-27/h8-16H,4-7,17-18H2,1-3H3,(H,26,29)/b16-13+. The smallest absolute Gasteiger partial charge is 0.255 e. The summed E-state index contributed by atoms with van der Waals surface area (Å²) >= 11 is 0. The van der Waals surface area contributed by atoms with Gasteiger partial charge in [0.1, 0.15) is 0 Å². The molecule has 0 bridgehead atoms. The average molecular weight is 470 g/mol. The monoisotopic (exact) mass is 469 g/mol. The van der Waals surface area contributed by atoms with Gasteiger partial charge in [0.15, 0.2) is 0 Å². The molecule has 3 rings (SSSR count). The molecule has 8 heteroatoms. The van der Waals surface area contributed by atoms with E-state index in [1.54, 1.807) is 50.3 Å². The van der Waals surface area contributed by atoms with E-state index in [1.807, 2.05) is 24.0 Å². The van der Waals surface area contributed by atoms with Crippen LogP contribution in [0, 0.1) is 6.92 Å². The lowest BCUT2D eigenvalue weighted by atomic mass is 10.1. The molecule has 0 aliphatic carbocycles. The first-order chi connectivity index (χ1) is 15.8. The number of sulfonamides is 1. The topological polar surface area (TPSA) is 86.8 Å². The maximum absolute atomic E-state index is 12.9. The van der Waals surface area contributed by atoms with Crippen molar-refractivity contribution in [3.63, 3.8) is 0 Å². The largest absolute Gasteiger partial charge is 0.339 e. The second-order valence-electron chi connectivity index (χ2n) is 7.98. The maximum Gasteiger partial charge on any atom is 0.255 e. The lowest BCUT2D eigenvalue weighted by molar-refractivity contribution is -0.111. The molecule has 0 spiro atoms. The molecule has 1 heterocycles. The number of nitrogens with zero attached hydrogens (tertiary/aromatic N) is 2. The van der Waals surface area contributed by atoms with Crippen molar-refractivity contribution >= 4 is 33.6 Å². The molecule has 7 nitrogen and oxygen atoms in total. The number of hydrogen-bond donors (Lipinski definition) is 1.